The molecule has 1 amide bonds. The lowest BCUT2D eigenvalue weighted by molar-refractivity contribution is -0.132. The second-order valence-electron chi connectivity index (χ2n) is 6.11. The fraction of sp³-hybridized carbons (Fsp3) is 0.316. The maximum Gasteiger partial charge on any atom is 0.240 e. The van der Waals surface area contributed by atoms with Crippen molar-refractivity contribution in [2.45, 2.75) is 24.3 Å². The molecule has 0 aliphatic carbocycles. The molecular formula is C19H22N2O4S. The van der Waals surface area contributed by atoms with Crippen LogP contribution >= 0.6 is 0 Å². The van der Waals surface area contributed by atoms with E-state index in [2.05, 4.69) is 4.72 Å². The molecule has 2 aromatic rings. The summed E-state index contributed by atoms with van der Waals surface area (Å²) < 4.78 is 31.8. The van der Waals surface area contributed by atoms with Gasteiger partial charge >= 0.3 is 0 Å². The second kappa shape index (κ2) is 7.88. The minimum absolute atomic E-state index is 0.00783. The van der Waals surface area contributed by atoms with Crippen LogP contribution in [0.2, 0.25) is 0 Å². The summed E-state index contributed by atoms with van der Waals surface area (Å²) in [6, 6.07) is 14.5. The summed E-state index contributed by atoms with van der Waals surface area (Å²) in [5, 5.41) is 0. The summed E-state index contributed by atoms with van der Waals surface area (Å²) >= 11 is 0. The number of nitrogens with zero attached hydrogens (tertiary/aromatic N) is 1. The summed E-state index contributed by atoms with van der Waals surface area (Å²) in [5.41, 5.74) is 1.97. The van der Waals surface area contributed by atoms with Gasteiger partial charge in [0.2, 0.25) is 15.9 Å². The first-order chi connectivity index (χ1) is 12.5. The van der Waals surface area contributed by atoms with Crippen LogP contribution in [-0.4, -0.2) is 39.4 Å². The van der Waals surface area contributed by atoms with E-state index >= 15 is 0 Å². The second-order valence-corrected chi connectivity index (χ2v) is 8.00. The first kappa shape index (κ1) is 18.4. The third kappa shape index (κ3) is 4.23. The first-order valence-electron chi connectivity index (χ1n) is 8.50. The van der Waals surface area contributed by atoms with Gasteiger partial charge in [0.25, 0.3) is 0 Å². The molecule has 2 aromatic carbocycles. The Labute approximate surface area is 153 Å². The third-order valence-electron chi connectivity index (χ3n) is 4.45. The highest BCUT2D eigenvalue weighted by atomic mass is 32.2. The number of hydrogen-bond donors (Lipinski definition) is 1. The van der Waals surface area contributed by atoms with Gasteiger partial charge in [0.15, 0.2) is 0 Å². The minimum Gasteiger partial charge on any atom is -0.493 e. The summed E-state index contributed by atoms with van der Waals surface area (Å²) in [6.45, 7) is 1.38. The number of amides is 1. The van der Waals surface area contributed by atoms with E-state index in [4.69, 9.17) is 4.74 Å². The summed E-state index contributed by atoms with van der Waals surface area (Å²) in [7, 11) is -2.10. The van der Waals surface area contributed by atoms with E-state index in [9.17, 15) is 13.2 Å². The van der Waals surface area contributed by atoms with Crippen LogP contribution in [0, 0.1) is 0 Å². The van der Waals surface area contributed by atoms with E-state index in [0.717, 1.165) is 23.3 Å². The van der Waals surface area contributed by atoms with E-state index < -0.39 is 10.0 Å². The number of rotatable bonds is 6. The molecule has 0 aromatic heterocycles. The Morgan fingerprint density at radius 1 is 1.15 bits per heavy atom. The molecule has 7 heteroatoms. The lowest BCUT2D eigenvalue weighted by atomic mass is 10.00. The lowest BCUT2D eigenvalue weighted by Crippen LogP contribution is -2.36. The van der Waals surface area contributed by atoms with Gasteiger partial charge in [0.1, 0.15) is 5.75 Å². The molecule has 138 valence electrons. The molecule has 26 heavy (non-hydrogen) atoms. The number of benzene rings is 2. The van der Waals surface area contributed by atoms with E-state index in [1.54, 1.807) is 17.0 Å². The van der Waals surface area contributed by atoms with Crippen molar-refractivity contribution >= 4 is 15.9 Å². The Balaban J connectivity index is 1.62. The third-order valence-corrected chi connectivity index (χ3v) is 5.86. The monoisotopic (exact) mass is 374 g/mol. The zero-order valence-corrected chi connectivity index (χ0v) is 15.5. The van der Waals surface area contributed by atoms with Crippen LogP contribution < -0.4 is 9.46 Å². The van der Waals surface area contributed by atoms with Crippen LogP contribution in [0.4, 0.5) is 0 Å². The molecule has 0 atom stereocenters. The molecule has 0 bridgehead atoms. The molecule has 0 unspecified atom stereocenters. The van der Waals surface area contributed by atoms with Gasteiger partial charge in [-0.05, 0) is 48.9 Å². The number of carbonyl (C=O) groups excluding carboxylic acids is 1. The van der Waals surface area contributed by atoms with Gasteiger partial charge in [0, 0.05) is 13.1 Å². The number of nitrogens with one attached hydrogen (secondary N) is 1. The van der Waals surface area contributed by atoms with Gasteiger partial charge < -0.3 is 9.64 Å². The van der Waals surface area contributed by atoms with Gasteiger partial charge in [0.05, 0.1) is 17.9 Å². The van der Waals surface area contributed by atoms with Gasteiger partial charge in [-0.1, -0.05) is 24.3 Å². The number of carbonyl (C=O) groups is 1. The van der Waals surface area contributed by atoms with Crippen molar-refractivity contribution in [1.82, 2.24) is 9.62 Å². The van der Waals surface area contributed by atoms with Crippen molar-refractivity contribution in [3.05, 3.63) is 59.7 Å². The predicted molar refractivity (Wildman–Crippen MR) is 98.4 cm³/mol. The molecule has 0 saturated heterocycles. The molecule has 1 aliphatic heterocycles. The topological polar surface area (TPSA) is 75.7 Å². The summed E-state index contributed by atoms with van der Waals surface area (Å²) in [4.78, 5) is 14.4. The number of fused-ring (bicyclic) bond motifs is 1. The van der Waals surface area contributed by atoms with Gasteiger partial charge in [-0.15, -0.1) is 0 Å². The van der Waals surface area contributed by atoms with E-state index in [-0.39, 0.29) is 10.8 Å². The molecule has 3 rings (SSSR count). The standard InChI is InChI=1S/C19H22N2O4S/c1-20-26(23,24)18-8-7-15-9-11-21(14-16(15)13-18)19(22)10-12-25-17-5-3-2-4-6-17/h2-8,13,20H,9-12,14H2,1H3. The predicted octanol–water partition coefficient (Wildman–Crippen LogP) is 1.95. The molecule has 1 N–H and O–H groups in total. The smallest absolute Gasteiger partial charge is 0.240 e. The maximum absolute atomic E-state index is 12.5. The molecule has 0 spiro atoms. The fourth-order valence-corrected chi connectivity index (χ4v) is 3.74. The minimum atomic E-state index is -3.49. The Hall–Kier alpha value is -2.38. The van der Waals surface area contributed by atoms with E-state index in [0.29, 0.717) is 26.1 Å². The number of para-hydroxylation sites is 1. The summed E-state index contributed by atoms with van der Waals surface area (Å²) in [6.07, 6.45) is 1.01. The largest absolute Gasteiger partial charge is 0.493 e. The number of sulfonamides is 1. The summed E-state index contributed by atoms with van der Waals surface area (Å²) in [5.74, 6) is 0.750. The molecule has 0 saturated carbocycles. The van der Waals surface area contributed by atoms with Gasteiger partial charge in [-0.3, -0.25) is 4.79 Å². The van der Waals surface area contributed by atoms with Crippen LogP contribution in [0.1, 0.15) is 17.5 Å². The zero-order chi connectivity index (χ0) is 18.6. The van der Waals surface area contributed by atoms with Crippen LogP contribution in [-0.2, 0) is 27.8 Å². The van der Waals surface area contributed by atoms with Crippen molar-refractivity contribution in [3.63, 3.8) is 0 Å². The molecule has 0 fully saturated rings. The normalized spacial score (nSPS) is 14.0. The van der Waals surface area contributed by atoms with Crippen LogP contribution in [0.3, 0.4) is 0 Å². The Morgan fingerprint density at radius 3 is 2.65 bits per heavy atom. The highest BCUT2D eigenvalue weighted by molar-refractivity contribution is 7.89. The maximum atomic E-state index is 12.5. The van der Waals surface area contributed by atoms with Crippen LogP contribution in [0.15, 0.2) is 53.4 Å². The van der Waals surface area contributed by atoms with E-state index in [1.807, 2.05) is 36.4 Å². The van der Waals surface area contributed by atoms with Crippen LogP contribution in [0.5, 0.6) is 5.75 Å². The van der Waals surface area contributed by atoms with Crippen molar-refractivity contribution in [3.8, 4) is 5.75 Å². The van der Waals surface area contributed by atoms with Gasteiger partial charge in [-0.25, -0.2) is 13.1 Å². The fourth-order valence-electron chi connectivity index (χ4n) is 2.96. The quantitative estimate of drug-likeness (QED) is 0.839. The molecular weight excluding hydrogens is 352 g/mol. The molecule has 0 radical (unpaired) electrons. The first-order valence-corrected chi connectivity index (χ1v) is 9.99. The Bertz CT molecular complexity index is 882. The van der Waals surface area contributed by atoms with Crippen molar-refractivity contribution in [2.24, 2.45) is 0 Å². The Morgan fingerprint density at radius 2 is 1.92 bits per heavy atom. The number of hydrogen-bond acceptors (Lipinski definition) is 4. The number of ether oxygens (including phenoxy) is 1. The SMILES string of the molecule is CNS(=O)(=O)c1ccc2c(c1)CN(C(=O)CCOc1ccccc1)CC2. The van der Waals surface area contributed by atoms with Gasteiger partial charge in [-0.2, -0.15) is 0 Å². The lowest BCUT2D eigenvalue weighted by Gasteiger charge is -2.29. The highest BCUT2D eigenvalue weighted by Gasteiger charge is 2.22. The average molecular weight is 374 g/mol. The molecule has 1 aliphatic rings. The van der Waals surface area contributed by atoms with Crippen molar-refractivity contribution in [2.75, 3.05) is 20.2 Å². The molecule has 1 heterocycles. The average Bonchev–Trinajstić information content (AvgIpc) is 2.67. The molecule has 6 nitrogen and oxygen atoms in total. The van der Waals surface area contributed by atoms with Crippen molar-refractivity contribution < 1.29 is 17.9 Å². The van der Waals surface area contributed by atoms with Crippen LogP contribution in [0.25, 0.3) is 0 Å². The van der Waals surface area contributed by atoms with E-state index in [1.165, 1.54) is 7.05 Å². The highest BCUT2D eigenvalue weighted by Crippen LogP contribution is 2.23. The Kier molecular flexibility index (Phi) is 5.58. The zero-order valence-electron chi connectivity index (χ0n) is 14.6. The van der Waals surface area contributed by atoms with Crippen molar-refractivity contribution in [1.29, 1.82) is 0 Å².